The summed E-state index contributed by atoms with van der Waals surface area (Å²) >= 11 is 1.16. The van der Waals surface area contributed by atoms with Crippen LogP contribution in [-0.4, -0.2) is 86.1 Å². The highest BCUT2D eigenvalue weighted by atomic mass is 32.2. The zero-order chi connectivity index (χ0) is 32.6. The smallest absolute Gasteiger partial charge is 0.258 e. The maximum absolute atomic E-state index is 14.3. The summed E-state index contributed by atoms with van der Waals surface area (Å²) < 4.78 is 40.5. The Morgan fingerprint density at radius 1 is 1.13 bits per heavy atom. The molecule has 45 heavy (non-hydrogen) atoms. The van der Waals surface area contributed by atoms with Gasteiger partial charge in [-0.2, -0.15) is 4.31 Å². The van der Waals surface area contributed by atoms with Crippen molar-refractivity contribution in [1.29, 1.82) is 0 Å². The van der Waals surface area contributed by atoms with Gasteiger partial charge in [-0.05, 0) is 74.9 Å². The summed E-state index contributed by atoms with van der Waals surface area (Å²) in [5, 5.41) is 14.8. The quantitative estimate of drug-likeness (QED) is 0.345. The zero-order valence-electron chi connectivity index (χ0n) is 26.2. The molecule has 0 spiro atoms. The standard InChI is InChI=1S/C33H43N3O7S2/c1-23-20-36(24(2)22-37)33(39)28-19-27(34-32(38)26-12-6-5-7-13-26)15-16-29(28)43-25(3)11-8-9-17-42-30(23)21-35(4)45(40,41)31-14-10-18-44-31/h5-7,10,12-16,18-19,23-25,30,37H,8-9,11,17,20-22H2,1-4H3,(H,34,38)/t23-,24-,25+,30-/m0/s1. The Kier molecular flexibility index (Phi) is 12.2. The molecule has 1 aliphatic rings. The number of rotatable bonds is 8. The first-order chi connectivity index (χ1) is 21.5. The fraction of sp³-hybridized carbons (Fsp3) is 0.455. The third-order valence-electron chi connectivity index (χ3n) is 7.94. The molecule has 3 aromatic rings. The summed E-state index contributed by atoms with van der Waals surface area (Å²) in [6.07, 6.45) is 1.56. The lowest BCUT2D eigenvalue weighted by atomic mass is 10.0. The molecule has 0 radical (unpaired) electrons. The second-order valence-electron chi connectivity index (χ2n) is 11.5. The van der Waals surface area contributed by atoms with Gasteiger partial charge >= 0.3 is 0 Å². The number of aliphatic hydroxyl groups excluding tert-OH is 1. The number of likely N-dealkylation sites (N-methyl/N-ethyl adjacent to an activating group) is 1. The van der Waals surface area contributed by atoms with Crippen LogP contribution < -0.4 is 10.1 Å². The lowest BCUT2D eigenvalue weighted by molar-refractivity contribution is -0.00832. The van der Waals surface area contributed by atoms with Gasteiger partial charge in [-0.3, -0.25) is 9.59 Å². The number of anilines is 1. The molecule has 244 valence electrons. The van der Waals surface area contributed by atoms with Crippen LogP contribution in [0.1, 0.15) is 60.7 Å². The van der Waals surface area contributed by atoms with Crippen molar-refractivity contribution in [3.8, 4) is 5.75 Å². The van der Waals surface area contributed by atoms with Crippen LogP contribution in [0.5, 0.6) is 5.75 Å². The zero-order valence-corrected chi connectivity index (χ0v) is 27.9. The number of benzene rings is 2. The summed E-state index contributed by atoms with van der Waals surface area (Å²) in [7, 11) is -2.17. The Balaban J connectivity index is 1.65. The number of nitrogens with one attached hydrogen (secondary N) is 1. The number of ether oxygens (including phenoxy) is 2. The molecule has 4 atom stereocenters. The summed E-state index contributed by atoms with van der Waals surface area (Å²) in [5.41, 5.74) is 1.17. The molecule has 10 nitrogen and oxygen atoms in total. The monoisotopic (exact) mass is 657 g/mol. The minimum atomic E-state index is -3.71. The molecule has 2 aromatic carbocycles. The number of carbonyl (C=O) groups is 2. The largest absolute Gasteiger partial charge is 0.490 e. The molecule has 4 rings (SSSR count). The molecule has 12 heteroatoms. The van der Waals surface area contributed by atoms with Crippen LogP contribution in [0.2, 0.25) is 0 Å². The van der Waals surface area contributed by atoms with Gasteiger partial charge in [0.15, 0.2) is 0 Å². The van der Waals surface area contributed by atoms with Crippen molar-refractivity contribution in [2.24, 2.45) is 5.92 Å². The van der Waals surface area contributed by atoms with E-state index in [0.717, 1.165) is 24.2 Å². The predicted octanol–water partition coefficient (Wildman–Crippen LogP) is 5.12. The fourth-order valence-corrected chi connectivity index (χ4v) is 7.56. The van der Waals surface area contributed by atoms with E-state index in [0.29, 0.717) is 30.0 Å². The number of hydrogen-bond donors (Lipinski definition) is 2. The second-order valence-corrected chi connectivity index (χ2v) is 14.8. The summed E-state index contributed by atoms with van der Waals surface area (Å²) in [6.45, 7) is 6.04. The number of nitrogens with zero attached hydrogens (tertiary/aromatic N) is 2. The SMILES string of the molecule is C[C@@H]1CCCCO[C@@H](CN(C)S(=O)(=O)c2cccs2)[C@@H](C)CN([C@@H](C)CO)C(=O)c2cc(NC(=O)c3ccccc3)ccc2O1. The van der Waals surface area contributed by atoms with Crippen LogP contribution in [0.25, 0.3) is 0 Å². The average Bonchev–Trinajstić information content (AvgIpc) is 3.59. The molecule has 0 unspecified atom stereocenters. The van der Waals surface area contributed by atoms with Crippen molar-refractivity contribution in [1.82, 2.24) is 9.21 Å². The predicted molar refractivity (Wildman–Crippen MR) is 175 cm³/mol. The van der Waals surface area contributed by atoms with Crippen molar-refractivity contribution < 1.29 is 32.6 Å². The Hall–Kier alpha value is -3.29. The van der Waals surface area contributed by atoms with Crippen LogP contribution in [-0.2, 0) is 14.8 Å². The van der Waals surface area contributed by atoms with E-state index in [4.69, 9.17) is 9.47 Å². The normalized spacial score (nSPS) is 21.0. The lowest BCUT2D eigenvalue weighted by Gasteiger charge is -2.35. The van der Waals surface area contributed by atoms with Crippen molar-refractivity contribution >= 4 is 38.9 Å². The maximum atomic E-state index is 14.3. The number of sulfonamides is 1. The molecular weight excluding hydrogens is 615 g/mol. The van der Waals surface area contributed by atoms with Gasteiger partial charge in [-0.25, -0.2) is 8.42 Å². The van der Waals surface area contributed by atoms with E-state index in [2.05, 4.69) is 5.32 Å². The summed E-state index contributed by atoms with van der Waals surface area (Å²) in [5.74, 6) is -0.596. The van der Waals surface area contributed by atoms with Crippen LogP contribution in [0.4, 0.5) is 5.69 Å². The minimum absolute atomic E-state index is 0.0999. The van der Waals surface area contributed by atoms with Gasteiger partial charge in [0.25, 0.3) is 21.8 Å². The van der Waals surface area contributed by atoms with E-state index in [9.17, 15) is 23.1 Å². The number of aliphatic hydroxyl groups is 1. The molecule has 1 aliphatic heterocycles. The minimum Gasteiger partial charge on any atom is -0.490 e. The van der Waals surface area contributed by atoms with E-state index in [1.807, 2.05) is 19.9 Å². The van der Waals surface area contributed by atoms with E-state index in [-0.39, 0.29) is 53.3 Å². The van der Waals surface area contributed by atoms with Crippen LogP contribution >= 0.6 is 11.3 Å². The van der Waals surface area contributed by atoms with Gasteiger partial charge in [0.1, 0.15) is 9.96 Å². The average molecular weight is 658 g/mol. The third-order valence-corrected chi connectivity index (χ3v) is 11.1. The molecule has 0 saturated carbocycles. The van der Waals surface area contributed by atoms with Crippen molar-refractivity contribution in [3.63, 3.8) is 0 Å². The van der Waals surface area contributed by atoms with Gasteiger partial charge in [0.05, 0.1) is 30.4 Å². The van der Waals surface area contributed by atoms with Crippen molar-refractivity contribution in [2.45, 2.75) is 62.5 Å². The molecule has 0 aliphatic carbocycles. The molecular formula is C33H43N3O7S2. The van der Waals surface area contributed by atoms with Crippen LogP contribution in [0, 0.1) is 5.92 Å². The first kappa shape index (κ1) is 34.6. The Morgan fingerprint density at radius 3 is 2.58 bits per heavy atom. The molecule has 2 amide bonds. The fourth-order valence-electron chi connectivity index (χ4n) is 5.17. The van der Waals surface area contributed by atoms with Gasteiger partial charge in [0, 0.05) is 43.9 Å². The number of fused-ring (bicyclic) bond motifs is 1. The molecule has 0 saturated heterocycles. The molecule has 2 heterocycles. The lowest BCUT2D eigenvalue weighted by Crippen LogP contribution is -2.48. The van der Waals surface area contributed by atoms with Crippen molar-refractivity contribution in [2.75, 3.05) is 38.7 Å². The highest BCUT2D eigenvalue weighted by Gasteiger charge is 2.32. The highest BCUT2D eigenvalue weighted by molar-refractivity contribution is 7.91. The molecule has 1 aromatic heterocycles. The Labute approximate surface area is 270 Å². The Bertz CT molecular complexity index is 1520. The highest BCUT2D eigenvalue weighted by Crippen LogP contribution is 2.29. The van der Waals surface area contributed by atoms with E-state index in [1.54, 1.807) is 71.8 Å². The maximum Gasteiger partial charge on any atom is 0.258 e. The van der Waals surface area contributed by atoms with E-state index >= 15 is 0 Å². The van der Waals surface area contributed by atoms with E-state index < -0.39 is 22.2 Å². The molecule has 0 bridgehead atoms. The first-order valence-corrected chi connectivity index (χ1v) is 17.5. The van der Waals surface area contributed by atoms with Crippen LogP contribution in [0.15, 0.2) is 70.3 Å². The first-order valence-electron chi connectivity index (χ1n) is 15.2. The molecule has 0 fully saturated rings. The summed E-state index contributed by atoms with van der Waals surface area (Å²) in [6, 6.07) is 16.5. The van der Waals surface area contributed by atoms with E-state index in [1.165, 1.54) is 11.4 Å². The number of hydrogen-bond acceptors (Lipinski definition) is 8. The van der Waals surface area contributed by atoms with Crippen LogP contribution in [0.3, 0.4) is 0 Å². The number of carbonyl (C=O) groups excluding carboxylic acids is 2. The summed E-state index contributed by atoms with van der Waals surface area (Å²) in [4.78, 5) is 28.7. The van der Waals surface area contributed by atoms with Gasteiger partial charge in [-0.1, -0.05) is 31.2 Å². The van der Waals surface area contributed by atoms with Gasteiger partial charge in [-0.15, -0.1) is 11.3 Å². The number of amides is 2. The number of thiophene rings is 1. The second kappa shape index (κ2) is 15.8. The molecule has 2 N–H and O–H groups in total. The van der Waals surface area contributed by atoms with Gasteiger partial charge in [0.2, 0.25) is 0 Å². The van der Waals surface area contributed by atoms with Crippen molar-refractivity contribution in [3.05, 3.63) is 77.2 Å². The topological polar surface area (TPSA) is 125 Å². The third kappa shape index (κ3) is 8.92. The van der Waals surface area contributed by atoms with Gasteiger partial charge < -0.3 is 24.8 Å². The Morgan fingerprint density at radius 2 is 1.89 bits per heavy atom.